The largest absolute Gasteiger partial charge is 0.0923 e. The van der Waals surface area contributed by atoms with Crippen molar-refractivity contribution in [3.8, 4) is 0 Å². The van der Waals surface area contributed by atoms with E-state index in [0.29, 0.717) is 0 Å². The van der Waals surface area contributed by atoms with Crippen LogP contribution >= 0.6 is 16.5 Å². The molecule has 4 rings (SSSR count). The van der Waals surface area contributed by atoms with Crippen LogP contribution in [-0.4, -0.2) is 10.3 Å². The molecule has 0 nitrogen and oxygen atoms in total. The predicted octanol–water partition coefficient (Wildman–Crippen LogP) is 4.92. The molecule has 4 aliphatic carbocycles. The molecule has 0 saturated heterocycles. The summed E-state index contributed by atoms with van der Waals surface area (Å²) in [7, 11) is 2.73. The van der Waals surface area contributed by atoms with E-state index in [1.807, 2.05) is 0 Å². The third kappa shape index (κ3) is 1.63. The second kappa shape index (κ2) is 3.68. The Morgan fingerprint density at radius 2 is 1.00 bits per heavy atom. The Morgan fingerprint density at radius 1 is 0.625 bits per heavy atom. The van der Waals surface area contributed by atoms with E-state index >= 15 is 0 Å². The summed E-state index contributed by atoms with van der Waals surface area (Å²) in [6.45, 7) is 0. The van der Waals surface area contributed by atoms with Crippen molar-refractivity contribution in [3.05, 3.63) is 0 Å². The Hall–Kier alpha value is 0.860. The summed E-state index contributed by atoms with van der Waals surface area (Å²) < 4.78 is 0. The maximum atomic E-state index is 1.64. The van der Waals surface area contributed by atoms with E-state index in [0.717, 1.165) is 22.1 Å². The van der Waals surface area contributed by atoms with Crippen molar-refractivity contribution < 1.29 is 0 Å². The predicted molar refractivity (Wildman–Crippen MR) is 75.2 cm³/mol. The van der Waals surface area contributed by atoms with Gasteiger partial charge in [0.05, 0.1) is 0 Å². The summed E-state index contributed by atoms with van der Waals surface area (Å²) in [6.07, 6.45) is 16.1. The molecule has 4 saturated carbocycles. The lowest BCUT2D eigenvalue weighted by atomic mass is 10.0. The van der Waals surface area contributed by atoms with Crippen molar-refractivity contribution in [2.24, 2.45) is 11.8 Å². The zero-order valence-corrected chi connectivity index (χ0v) is 12.2. The molecule has 90 valence electrons. The quantitative estimate of drug-likeness (QED) is 0.627. The summed E-state index contributed by atoms with van der Waals surface area (Å²) in [4.78, 5) is 0. The van der Waals surface area contributed by atoms with Gasteiger partial charge in [-0.1, -0.05) is 16.5 Å². The topological polar surface area (TPSA) is 0 Å². The van der Waals surface area contributed by atoms with Crippen LogP contribution in [0.2, 0.25) is 0 Å². The minimum Gasteiger partial charge on any atom is -0.0923 e. The highest BCUT2D eigenvalue weighted by Crippen LogP contribution is 2.71. The average Bonchev–Trinajstić information content (AvgIpc) is 3.07. The number of hydrogen-bond acceptors (Lipinski definition) is 0. The molecule has 2 heteroatoms. The minimum absolute atomic E-state index is 0.901. The highest BCUT2D eigenvalue weighted by Gasteiger charge is 2.49. The molecule has 4 fully saturated rings. The summed E-state index contributed by atoms with van der Waals surface area (Å²) in [6, 6.07) is 0. The van der Waals surface area contributed by atoms with Crippen LogP contribution in [0.25, 0.3) is 0 Å². The Labute approximate surface area is 103 Å². The molecule has 4 aliphatic rings. The van der Waals surface area contributed by atoms with Gasteiger partial charge in [-0.2, -0.15) is 0 Å². The highest BCUT2D eigenvalue weighted by molar-refractivity contribution is 8.13. The zero-order chi connectivity index (χ0) is 10.6. The van der Waals surface area contributed by atoms with Gasteiger partial charge >= 0.3 is 0 Å². The van der Waals surface area contributed by atoms with Gasteiger partial charge in [0.2, 0.25) is 0 Å². The van der Waals surface area contributed by atoms with Crippen LogP contribution in [0, 0.1) is 11.8 Å². The van der Waals surface area contributed by atoms with Crippen LogP contribution in [0.3, 0.4) is 0 Å². The third-order valence-electron chi connectivity index (χ3n) is 6.08. The molecule has 0 aliphatic heterocycles. The normalized spacial score (nSPS) is 55.5. The second-order valence-electron chi connectivity index (χ2n) is 7.11. The van der Waals surface area contributed by atoms with E-state index in [-0.39, 0.29) is 0 Å². The van der Waals surface area contributed by atoms with Crippen molar-refractivity contribution in [2.45, 2.75) is 74.5 Å². The molecule has 0 aromatic carbocycles. The third-order valence-corrected chi connectivity index (χ3v) is 12.2. The fourth-order valence-electron chi connectivity index (χ4n) is 5.00. The average molecular weight is 254 g/mol. The molecular weight excluding hydrogens is 230 g/mol. The lowest BCUT2D eigenvalue weighted by molar-refractivity contribution is 0.496. The molecular formula is C14H24P2. The number of hydrogen-bond donors (Lipinski definition) is 0. The second-order valence-corrected chi connectivity index (χ2v) is 11.2. The zero-order valence-electron chi connectivity index (χ0n) is 10.2. The van der Waals surface area contributed by atoms with Crippen LogP contribution in [0.1, 0.15) is 64.2 Å². The fraction of sp³-hybridized carbons (Fsp3) is 1.00. The molecule has 0 heterocycles. The maximum Gasteiger partial charge on any atom is -0.00824 e. The van der Waals surface area contributed by atoms with Gasteiger partial charge in [0.25, 0.3) is 0 Å². The van der Waals surface area contributed by atoms with Gasteiger partial charge in [-0.3, -0.25) is 0 Å². The van der Waals surface area contributed by atoms with Crippen molar-refractivity contribution in [2.75, 3.05) is 0 Å². The monoisotopic (exact) mass is 254 g/mol. The molecule has 2 atom stereocenters. The molecule has 4 bridgehead atoms. The first-order chi connectivity index (χ1) is 7.78. The Morgan fingerprint density at radius 3 is 1.25 bits per heavy atom. The molecule has 0 spiro atoms. The van der Waals surface area contributed by atoms with Gasteiger partial charge in [0.1, 0.15) is 0 Å². The molecule has 0 radical (unpaired) electrons. The van der Waals surface area contributed by atoms with Crippen LogP contribution in [0.4, 0.5) is 0 Å². The Balaban J connectivity index is 1.42. The summed E-state index contributed by atoms with van der Waals surface area (Å²) in [5, 5.41) is 1.80. The van der Waals surface area contributed by atoms with Crippen LogP contribution < -0.4 is 0 Å². The molecule has 0 N–H and O–H groups in total. The molecule has 0 aromatic heterocycles. The molecule has 0 aromatic rings. The van der Waals surface area contributed by atoms with Gasteiger partial charge in [-0.15, -0.1) is 0 Å². The first-order valence-electron chi connectivity index (χ1n) is 7.32. The maximum absolute atomic E-state index is 1.64. The van der Waals surface area contributed by atoms with E-state index < -0.39 is 0 Å². The van der Waals surface area contributed by atoms with Crippen LogP contribution in [-0.2, 0) is 0 Å². The molecule has 2 unspecified atom stereocenters. The molecule has 0 amide bonds. The van der Waals surface area contributed by atoms with E-state index in [9.17, 15) is 0 Å². The Bertz CT molecular complexity index is 253. The van der Waals surface area contributed by atoms with Crippen LogP contribution in [0.15, 0.2) is 0 Å². The van der Waals surface area contributed by atoms with Crippen molar-refractivity contribution in [1.82, 2.24) is 0 Å². The summed E-state index contributed by atoms with van der Waals surface area (Å²) in [5.41, 5.74) is 0. The van der Waals surface area contributed by atoms with Crippen molar-refractivity contribution in [1.29, 1.82) is 0 Å². The van der Waals surface area contributed by atoms with Crippen molar-refractivity contribution >= 4 is 16.5 Å². The van der Waals surface area contributed by atoms with Gasteiger partial charge < -0.3 is 0 Å². The fourth-order valence-corrected chi connectivity index (χ4v) is 11.1. The van der Waals surface area contributed by atoms with Gasteiger partial charge in [-0.25, -0.2) is 0 Å². The van der Waals surface area contributed by atoms with Crippen molar-refractivity contribution in [3.63, 3.8) is 0 Å². The van der Waals surface area contributed by atoms with E-state index in [1.54, 1.807) is 64.2 Å². The highest BCUT2D eigenvalue weighted by atomic mass is 32.0. The molecule has 16 heavy (non-hydrogen) atoms. The lowest BCUT2D eigenvalue weighted by Gasteiger charge is -2.33. The summed E-state index contributed by atoms with van der Waals surface area (Å²) >= 11 is 0. The van der Waals surface area contributed by atoms with Crippen LogP contribution in [0.5, 0.6) is 0 Å². The Kier molecular flexibility index (Phi) is 2.47. The summed E-state index contributed by atoms with van der Waals surface area (Å²) in [5.74, 6) is 2.32. The lowest BCUT2D eigenvalue weighted by Crippen LogP contribution is -2.18. The van der Waals surface area contributed by atoms with E-state index in [4.69, 9.17) is 0 Å². The minimum atomic E-state index is 0.901. The number of fused-ring (bicyclic) bond motifs is 4. The van der Waals surface area contributed by atoms with Gasteiger partial charge in [-0.05, 0) is 86.4 Å². The van der Waals surface area contributed by atoms with Gasteiger partial charge in [0.15, 0.2) is 0 Å². The SMILES string of the molecule is C1CC2(PPC34CCC(CC3)C4)CCC1C2. The van der Waals surface area contributed by atoms with Gasteiger partial charge in [0, 0.05) is 0 Å². The first-order valence-corrected chi connectivity index (χ1v) is 10.3. The number of rotatable bonds is 3. The standard InChI is InChI=1S/C14H24P2/c1-5-13(6-2-11(1)9-13)15-16-14-7-3-12(10-14)4-8-14/h11-12,15-16H,1-10H2. The smallest absolute Gasteiger partial charge is 0.00824 e. The first kappa shape index (κ1) is 10.8. The van der Waals surface area contributed by atoms with E-state index in [1.165, 1.54) is 16.5 Å². The van der Waals surface area contributed by atoms with E-state index in [2.05, 4.69) is 0 Å².